The molecule has 1 amide bonds. The van der Waals surface area contributed by atoms with E-state index in [0.717, 1.165) is 38.8 Å². The highest BCUT2D eigenvalue weighted by atomic mass is 16.2. The zero-order chi connectivity index (χ0) is 10.7. The summed E-state index contributed by atoms with van der Waals surface area (Å²) >= 11 is 0. The third-order valence-electron chi connectivity index (χ3n) is 3.52. The molecule has 1 saturated heterocycles. The lowest BCUT2D eigenvalue weighted by molar-refractivity contribution is -0.130. The Balaban J connectivity index is 1.88. The van der Waals surface area contributed by atoms with Gasteiger partial charge in [-0.2, -0.15) is 0 Å². The van der Waals surface area contributed by atoms with E-state index in [2.05, 4.69) is 29.7 Å². The highest BCUT2D eigenvalue weighted by Crippen LogP contribution is 2.25. The third kappa shape index (κ3) is 2.40. The number of hydrogen-bond donors (Lipinski definition) is 2. The van der Waals surface area contributed by atoms with Gasteiger partial charge in [0.15, 0.2) is 0 Å². The summed E-state index contributed by atoms with van der Waals surface area (Å²) in [5.74, 6) is 0.229. The fourth-order valence-electron chi connectivity index (χ4n) is 2.30. The van der Waals surface area contributed by atoms with Crippen LogP contribution in [0.1, 0.15) is 32.6 Å². The molecule has 0 radical (unpaired) electrons. The van der Waals surface area contributed by atoms with Crippen molar-refractivity contribution in [2.24, 2.45) is 5.41 Å². The van der Waals surface area contributed by atoms with Crippen molar-refractivity contribution in [3.63, 3.8) is 0 Å². The molecule has 3 heteroatoms. The number of hydrogen-bond acceptors (Lipinski definition) is 2. The predicted octanol–water partition coefficient (Wildman–Crippen LogP) is 1.21. The molecule has 0 aromatic heterocycles. The second kappa shape index (κ2) is 4.35. The molecule has 2 unspecified atom stereocenters. The van der Waals surface area contributed by atoms with Gasteiger partial charge in [-0.15, -0.1) is 0 Å². The summed E-state index contributed by atoms with van der Waals surface area (Å²) in [6.07, 6.45) is 8.51. The van der Waals surface area contributed by atoms with E-state index in [9.17, 15) is 4.79 Å². The van der Waals surface area contributed by atoms with Crippen molar-refractivity contribution in [3.8, 4) is 0 Å². The van der Waals surface area contributed by atoms with Gasteiger partial charge in [0.1, 0.15) is 0 Å². The molecule has 0 bridgehead atoms. The Morgan fingerprint density at radius 1 is 1.53 bits per heavy atom. The van der Waals surface area contributed by atoms with Gasteiger partial charge in [0, 0.05) is 12.6 Å². The van der Waals surface area contributed by atoms with Crippen LogP contribution in [-0.4, -0.2) is 25.0 Å². The molecule has 2 rings (SSSR count). The maximum Gasteiger partial charge on any atom is 0.227 e. The zero-order valence-corrected chi connectivity index (χ0v) is 9.38. The summed E-state index contributed by atoms with van der Waals surface area (Å²) in [6, 6.07) is 0.361. The summed E-state index contributed by atoms with van der Waals surface area (Å²) in [6.45, 7) is 3.84. The lowest BCUT2D eigenvalue weighted by Crippen LogP contribution is -2.45. The number of nitrogens with one attached hydrogen (secondary N) is 2. The maximum absolute atomic E-state index is 12.1. The summed E-state index contributed by atoms with van der Waals surface area (Å²) < 4.78 is 0. The monoisotopic (exact) mass is 208 g/mol. The predicted molar refractivity (Wildman–Crippen MR) is 60.5 cm³/mol. The quantitative estimate of drug-likeness (QED) is 0.670. The van der Waals surface area contributed by atoms with E-state index in [4.69, 9.17) is 0 Å². The molecule has 84 valence electrons. The molecule has 1 aliphatic carbocycles. The second-order valence-corrected chi connectivity index (χ2v) is 4.94. The summed E-state index contributed by atoms with van der Waals surface area (Å²) in [5, 5.41) is 6.43. The molecular formula is C12H20N2O. The molecule has 3 nitrogen and oxygen atoms in total. The number of rotatable bonds is 2. The van der Waals surface area contributed by atoms with Crippen LogP contribution in [0, 0.1) is 5.41 Å². The zero-order valence-electron chi connectivity index (χ0n) is 9.38. The normalized spacial score (nSPS) is 35.4. The molecule has 1 fully saturated rings. The summed E-state index contributed by atoms with van der Waals surface area (Å²) in [4.78, 5) is 12.1. The first-order chi connectivity index (χ1) is 7.21. The first-order valence-corrected chi connectivity index (χ1v) is 5.87. The van der Waals surface area contributed by atoms with Gasteiger partial charge in [0.05, 0.1) is 5.41 Å². The largest absolute Gasteiger partial charge is 0.353 e. The summed E-state index contributed by atoms with van der Waals surface area (Å²) in [5.41, 5.74) is -0.179. The molecule has 0 aromatic rings. The smallest absolute Gasteiger partial charge is 0.227 e. The Morgan fingerprint density at radius 2 is 2.40 bits per heavy atom. The molecule has 1 heterocycles. The number of allylic oxidation sites excluding steroid dienone is 1. The Labute approximate surface area is 91.3 Å². The van der Waals surface area contributed by atoms with Crippen molar-refractivity contribution in [1.82, 2.24) is 10.6 Å². The lowest BCUT2D eigenvalue weighted by Gasteiger charge is -2.26. The SMILES string of the molecule is CC1(C(=O)NC2CC=CCC2)CCNC1. The highest BCUT2D eigenvalue weighted by Gasteiger charge is 2.36. The van der Waals surface area contributed by atoms with Gasteiger partial charge in [-0.3, -0.25) is 4.79 Å². The van der Waals surface area contributed by atoms with Gasteiger partial charge in [0.2, 0.25) is 5.91 Å². The van der Waals surface area contributed by atoms with Crippen LogP contribution in [0.2, 0.25) is 0 Å². The van der Waals surface area contributed by atoms with Crippen LogP contribution in [0.15, 0.2) is 12.2 Å². The Hall–Kier alpha value is -0.830. The van der Waals surface area contributed by atoms with Gasteiger partial charge in [-0.05, 0) is 39.2 Å². The minimum absolute atomic E-state index is 0.179. The van der Waals surface area contributed by atoms with Crippen LogP contribution < -0.4 is 10.6 Å². The maximum atomic E-state index is 12.1. The third-order valence-corrected chi connectivity index (χ3v) is 3.52. The molecule has 2 atom stereocenters. The minimum atomic E-state index is -0.179. The van der Waals surface area contributed by atoms with Crippen molar-refractivity contribution >= 4 is 5.91 Å². The second-order valence-electron chi connectivity index (χ2n) is 4.94. The average Bonchev–Trinajstić information content (AvgIpc) is 2.68. The molecule has 0 aromatic carbocycles. The fourth-order valence-corrected chi connectivity index (χ4v) is 2.30. The minimum Gasteiger partial charge on any atom is -0.353 e. The molecule has 2 aliphatic rings. The number of carbonyl (C=O) groups excluding carboxylic acids is 1. The average molecular weight is 208 g/mol. The van der Waals surface area contributed by atoms with E-state index >= 15 is 0 Å². The fraction of sp³-hybridized carbons (Fsp3) is 0.750. The summed E-state index contributed by atoms with van der Waals surface area (Å²) in [7, 11) is 0. The van der Waals surface area contributed by atoms with Gasteiger partial charge in [-0.1, -0.05) is 12.2 Å². The van der Waals surface area contributed by atoms with Gasteiger partial charge in [-0.25, -0.2) is 0 Å². The Morgan fingerprint density at radius 3 is 3.00 bits per heavy atom. The van der Waals surface area contributed by atoms with Gasteiger partial charge in [0.25, 0.3) is 0 Å². The van der Waals surface area contributed by atoms with Crippen LogP contribution in [0.5, 0.6) is 0 Å². The van der Waals surface area contributed by atoms with E-state index in [-0.39, 0.29) is 11.3 Å². The first kappa shape index (κ1) is 10.7. The molecule has 15 heavy (non-hydrogen) atoms. The topological polar surface area (TPSA) is 41.1 Å². The first-order valence-electron chi connectivity index (χ1n) is 5.87. The molecule has 2 N–H and O–H groups in total. The lowest BCUT2D eigenvalue weighted by atomic mass is 9.88. The Bertz CT molecular complexity index is 267. The van der Waals surface area contributed by atoms with E-state index in [0.29, 0.717) is 6.04 Å². The molecular weight excluding hydrogens is 188 g/mol. The van der Waals surface area contributed by atoms with Crippen molar-refractivity contribution in [2.75, 3.05) is 13.1 Å². The standard InChI is InChI=1S/C12H20N2O/c1-12(7-8-13-9-12)11(15)14-10-5-3-2-4-6-10/h2-3,10,13H,4-9H2,1H3,(H,14,15). The van der Waals surface area contributed by atoms with Crippen LogP contribution in [0.4, 0.5) is 0 Å². The van der Waals surface area contributed by atoms with Crippen molar-refractivity contribution in [1.29, 1.82) is 0 Å². The van der Waals surface area contributed by atoms with Crippen molar-refractivity contribution in [2.45, 2.75) is 38.6 Å². The molecule has 0 saturated carbocycles. The van der Waals surface area contributed by atoms with Crippen LogP contribution in [0.25, 0.3) is 0 Å². The van der Waals surface area contributed by atoms with E-state index in [1.807, 2.05) is 0 Å². The van der Waals surface area contributed by atoms with Gasteiger partial charge < -0.3 is 10.6 Å². The van der Waals surface area contributed by atoms with Crippen molar-refractivity contribution in [3.05, 3.63) is 12.2 Å². The van der Waals surface area contributed by atoms with Crippen LogP contribution in [-0.2, 0) is 4.79 Å². The van der Waals surface area contributed by atoms with Gasteiger partial charge >= 0.3 is 0 Å². The number of amides is 1. The highest BCUT2D eigenvalue weighted by molar-refractivity contribution is 5.83. The van der Waals surface area contributed by atoms with Crippen LogP contribution >= 0.6 is 0 Å². The Kier molecular flexibility index (Phi) is 3.10. The van der Waals surface area contributed by atoms with E-state index < -0.39 is 0 Å². The number of carbonyl (C=O) groups is 1. The van der Waals surface area contributed by atoms with E-state index in [1.165, 1.54) is 0 Å². The van der Waals surface area contributed by atoms with Crippen LogP contribution in [0.3, 0.4) is 0 Å². The molecule has 0 spiro atoms. The molecule has 1 aliphatic heterocycles. The van der Waals surface area contributed by atoms with E-state index in [1.54, 1.807) is 0 Å². The van der Waals surface area contributed by atoms with Crippen molar-refractivity contribution < 1.29 is 4.79 Å².